The van der Waals surface area contributed by atoms with Gasteiger partial charge in [-0.05, 0) is 81.3 Å². The Kier molecular flexibility index (Phi) is 32.9. The Morgan fingerprint density at radius 1 is 0.453 bits per heavy atom. The highest BCUT2D eigenvalue weighted by atomic mass is 33.1. The number of nitrogens with one attached hydrogen (secondary N) is 11. The number of fused-ring (bicyclic) bond motifs is 8. The minimum absolute atomic E-state index is 0.00521. The van der Waals surface area contributed by atoms with Crippen LogP contribution in [0.3, 0.4) is 0 Å². The van der Waals surface area contributed by atoms with Gasteiger partial charge in [-0.15, -0.1) is 0 Å². The summed E-state index contributed by atoms with van der Waals surface area (Å²) in [5.74, 6) is -14.6. The summed E-state index contributed by atoms with van der Waals surface area (Å²) >= 11 is 0. The van der Waals surface area contributed by atoms with Crippen LogP contribution in [-0.2, 0) is 84.8 Å². The number of aliphatic hydroxyl groups is 1. The molecule has 15 amide bonds. The number of hydrogen-bond acceptors (Lipinski definition) is 18. The van der Waals surface area contributed by atoms with Crippen LogP contribution in [0.25, 0.3) is 0 Å². The highest BCUT2D eigenvalue weighted by Gasteiger charge is 2.47. The molecule has 2 aromatic carbocycles. The number of unbranched alkanes of at least 4 members (excludes halogenated alkanes) is 2. The van der Waals surface area contributed by atoms with Crippen LogP contribution in [0.15, 0.2) is 60.7 Å². The van der Waals surface area contributed by atoms with Crippen molar-refractivity contribution in [2.45, 2.75) is 242 Å². The van der Waals surface area contributed by atoms with E-state index in [0.717, 1.165) is 28.5 Å². The third-order valence-electron chi connectivity index (χ3n) is 20.2. The molecule has 5 fully saturated rings. The summed E-state index contributed by atoms with van der Waals surface area (Å²) < 4.78 is 0. The van der Waals surface area contributed by atoms with E-state index in [2.05, 4.69) is 58.5 Å². The van der Waals surface area contributed by atoms with Gasteiger partial charge < -0.3 is 84.0 Å². The summed E-state index contributed by atoms with van der Waals surface area (Å²) in [5, 5.41) is 40.7. The van der Waals surface area contributed by atoms with Crippen molar-refractivity contribution in [2.24, 2.45) is 17.6 Å². The highest BCUT2D eigenvalue weighted by molar-refractivity contribution is 8.76. The minimum Gasteiger partial charge on any atom is -0.391 e. The number of nitrogens with zero attached hydrogens (tertiary/aromatic N) is 3. The Bertz CT molecular complexity index is 3450. The molecule has 33 heteroatoms. The van der Waals surface area contributed by atoms with Crippen LogP contribution in [0.4, 0.5) is 0 Å². The molecule has 2 unspecified atom stereocenters. The molecule has 16 atom stereocenters. The van der Waals surface area contributed by atoms with Gasteiger partial charge in [0.2, 0.25) is 88.6 Å². The molecule has 2 aromatic rings. The molecule has 5 saturated heterocycles. The summed E-state index contributed by atoms with van der Waals surface area (Å²) in [6, 6.07) is -1.04. The summed E-state index contributed by atoms with van der Waals surface area (Å²) in [6.45, 7) is 11.4. The molecule has 0 spiro atoms. The number of amides is 15. The number of hydrogen-bond donors (Lipinski definition) is 13. The predicted molar refractivity (Wildman–Crippen MR) is 395 cm³/mol. The van der Waals surface area contributed by atoms with Gasteiger partial charge in [-0.2, -0.15) is 0 Å². The van der Waals surface area contributed by atoms with Gasteiger partial charge in [0.05, 0.1) is 19.1 Å². The summed E-state index contributed by atoms with van der Waals surface area (Å²) in [5.41, 5.74) is 6.72. The molecule has 0 aromatic heterocycles. The van der Waals surface area contributed by atoms with Crippen LogP contribution in [0, 0.1) is 11.8 Å². The zero-order valence-corrected chi connectivity index (χ0v) is 63.2. The molecular weight excluding hydrogens is 1410 g/mol. The number of carbonyl (C=O) groups excluding carboxylic acids is 15. The number of aliphatic hydroxyl groups excluding tert-OH is 1. The van der Waals surface area contributed by atoms with E-state index in [-0.39, 0.29) is 76.8 Å². The number of carbonyl (C=O) groups is 15. The highest BCUT2D eigenvalue weighted by Crippen LogP contribution is 2.29. The second kappa shape index (κ2) is 41.3. The summed E-state index contributed by atoms with van der Waals surface area (Å²) in [7, 11) is 1.83. The Morgan fingerprint density at radius 3 is 1.38 bits per heavy atom. The maximum absolute atomic E-state index is 15.4. The third kappa shape index (κ3) is 23.6. The first kappa shape index (κ1) is 84.4. The number of rotatable bonds is 17. The molecule has 0 saturated carbocycles. The van der Waals surface area contributed by atoms with Crippen LogP contribution in [0.1, 0.15) is 156 Å². The first-order chi connectivity index (χ1) is 50.7. The molecule has 582 valence electrons. The molecular formula is C73H107N15O16S2. The van der Waals surface area contributed by atoms with Gasteiger partial charge in [0.25, 0.3) is 0 Å². The lowest BCUT2D eigenvalue weighted by Crippen LogP contribution is -2.62. The third-order valence-corrected chi connectivity index (χ3v) is 22.6. The van der Waals surface area contributed by atoms with Crippen molar-refractivity contribution in [3.8, 4) is 0 Å². The van der Waals surface area contributed by atoms with Crippen LogP contribution in [0.2, 0.25) is 0 Å². The molecule has 7 rings (SSSR count). The molecule has 14 N–H and O–H groups in total. The van der Waals surface area contributed by atoms with Crippen LogP contribution < -0.4 is 64.2 Å². The van der Waals surface area contributed by atoms with Gasteiger partial charge in [0, 0.05) is 44.0 Å². The lowest BCUT2D eigenvalue weighted by Gasteiger charge is -2.35. The van der Waals surface area contributed by atoms with Gasteiger partial charge in [-0.3, -0.25) is 71.9 Å². The van der Waals surface area contributed by atoms with Crippen molar-refractivity contribution in [3.63, 3.8) is 0 Å². The number of primary amides is 1. The van der Waals surface area contributed by atoms with Crippen molar-refractivity contribution >= 4 is 110 Å². The first-order valence-electron chi connectivity index (χ1n) is 37.2. The molecule has 5 aliphatic rings. The fraction of sp³-hybridized carbons (Fsp3) is 0.630. The second-order valence-electron chi connectivity index (χ2n) is 28.1. The maximum atomic E-state index is 15.4. The van der Waals surface area contributed by atoms with Crippen molar-refractivity contribution in [3.05, 3.63) is 71.8 Å². The average Bonchev–Trinajstić information content (AvgIpc) is 1.62. The van der Waals surface area contributed by atoms with Gasteiger partial charge in [-0.25, -0.2) is 0 Å². The van der Waals surface area contributed by atoms with Gasteiger partial charge >= 0.3 is 0 Å². The molecule has 5 aliphatic heterocycles. The molecule has 0 radical (unpaired) electrons. The Balaban J connectivity index is 1.35. The van der Waals surface area contributed by atoms with Gasteiger partial charge in [0.1, 0.15) is 78.5 Å². The van der Waals surface area contributed by atoms with Crippen molar-refractivity contribution < 1.29 is 77.0 Å². The Labute approximate surface area is 626 Å². The van der Waals surface area contributed by atoms with E-state index in [1.165, 1.54) is 14.7 Å². The zero-order valence-electron chi connectivity index (χ0n) is 61.6. The number of benzene rings is 2. The fourth-order valence-electron chi connectivity index (χ4n) is 13.6. The molecule has 31 nitrogen and oxygen atoms in total. The Morgan fingerprint density at radius 2 is 0.868 bits per heavy atom. The van der Waals surface area contributed by atoms with Crippen LogP contribution >= 0.6 is 21.6 Å². The number of nitrogens with two attached hydrogens (primary N) is 1. The maximum Gasteiger partial charge on any atom is 0.246 e. The van der Waals surface area contributed by atoms with Crippen LogP contribution in [0.5, 0.6) is 0 Å². The second-order valence-corrected chi connectivity index (χ2v) is 30.7. The summed E-state index contributed by atoms with van der Waals surface area (Å²) in [4.78, 5) is 224. The van der Waals surface area contributed by atoms with Gasteiger partial charge in [-0.1, -0.05) is 162 Å². The summed E-state index contributed by atoms with van der Waals surface area (Å²) in [6.07, 6.45) is 1.55. The topological polar surface area (TPSA) is 444 Å². The Hall–Kier alpha value is -8.85. The lowest BCUT2D eigenvalue weighted by molar-refractivity contribution is -0.149. The van der Waals surface area contributed by atoms with E-state index < -0.39 is 204 Å². The van der Waals surface area contributed by atoms with Crippen molar-refractivity contribution in [2.75, 3.05) is 37.7 Å². The van der Waals surface area contributed by atoms with E-state index in [1.807, 2.05) is 20.8 Å². The molecule has 2 bridgehead atoms. The smallest absolute Gasteiger partial charge is 0.246 e. The van der Waals surface area contributed by atoms with Crippen molar-refractivity contribution in [1.29, 1.82) is 0 Å². The minimum atomic E-state index is -1.85. The predicted octanol–water partition coefficient (Wildman–Crippen LogP) is -0.454. The standard InChI is InChI=1S/C73H107N15O16S2/c1-8-12-27-46-62(93)78-48(35-44-23-16-14-17-24-44)64(95)76-47(28-13-9-2)63(94)85-59(42(6)11-4)73(104)88-34-22-31-55(88)72(103)87-33-21-30-54(87)68(99)84-58(41(5)10-3)69(100)81-52-40-106-105-39-51(65(96)77-46)82-70(101)60(43(7)89)83-57(91)38-75-61(92)49(37-56(74)90)79-67(98)53-29-20-32-86(53)71(102)50(80-66(52)97)36-45-25-18-15-19-26-45/h14-19,23-26,41-43,46-55,58-60,89H,8-13,20-22,27-40H2,1-7H3,(H2,74,90)(H,75,92)(H,76,95)(H,77,96)(H,78,93)(H,79,98)(H,80,97)(H,81,100)(H,82,101)(H,83,91)(H,84,99)(H,85,94)/t41-,42-,43+,46?,47?,48-,49-,50-,51-,52-,53-,54-,55-,58-,59-,60-/m0/s1. The van der Waals surface area contributed by atoms with Gasteiger partial charge in [0.15, 0.2) is 0 Å². The van der Waals surface area contributed by atoms with E-state index in [9.17, 15) is 43.5 Å². The first-order valence-corrected chi connectivity index (χ1v) is 39.7. The van der Waals surface area contributed by atoms with Crippen LogP contribution in [-0.4, -0.2) is 231 Å². The molecule has 106 heavy (non-hydrogen) atoms. The normalized spacial score (nSPS) is 28.4. The fourth-order valence-corrected chi connectivity index (χ4v) is 16.0. The molecule has 5 heterocycles. The SMILES string of the molecule is CCCCC1NC(=O)[C@H](Cc2ccccc2)NC(=O)C(CCCC)NC(=O)[C@@H]2CSSC[C@H](NC(=O)[C@H]([C@@H](C)CC)NC(=O)[C@@H]3CCCN3C(=O)[C@@H]3CCCN3C(=O)[C@H]([C@@H](C)CC)NC1=O)C(=O)N[C@@H](Cc1ccccc1)C(=O)N1CCC[C@H]1C(=O)N[C@@H](CC(N)=O)C(=O)NCC(=O)N[C@@H]([C@@H](C)O)C(=O)N2. The molecule has 0 aliphatic carbocycles. The van der Waals surface area contributed by atoms with E-state index in [4.69, 9.17) is 5.73 Å². The van der Waals surface area contributed by atoms with E-state index >= 15 is 33.6 Å². The van der Waals surface area contributed by atoms with E-state index in [0.29, 0.717) is 62.5 Å². The zero-order chi connectivity index (χ0) is 77.3. The average molecular weight is 1510 g/mol. The van der Waals surface area contributed by atoms with Crippen molar-refractivity contribution in [1.82, 2.24) is 73.2 Å². The van der Waals surface area contributed by atoms with E-state index in [1.54, 1.807) is 81.4 Å². The largest absolute Gasteiger partial charge is 0.391 e. The monoisotopic (exact) mass is 1510 g/mol. The quantitative estimate of drug-likeness (QED) is 0.0892. The lowest BCUT2D eigenvalue weighted by atomic mass is 9.96.